The SMILES string of the molecule is CCC(C)C(=O)Nc1cccc(CNC(=O)Cn2cnc3c(oc4ccccc43)c2=O)c1. The van der Waals surface area contributed by atoms with Gasteiger partial charge in [-0.2, -0.15) is 0 Å². The van der Waals surface area contributed by atoms with Crippen molar-refractivity contribution in [3.63, 3.8) is 0 Å². The fraction of sp³-hybridized carbons (Fsp3) is 0.250. The molecule has 0 saturated heterocycles. The molecule has 32 heavy (non-hydrogen) atoms. The normalized spacial score (nSPS) is 12.1. The summed E-state index contributed by atoms with van der Waals surface area (Å²) >= 11 is 0. The molecule has 8 heteroatoms. The number of nitrogens with one attached hydrogen (secondary N) is 2. The summed E-state index contributed by atoms with van der Waals surface area (Å²) in [5.74, 6) is -0.450. The van der Waals surface area contributed by atoms with E-state index in [-0.39, 0.29) is 36.4 Å². The van der Waals surface area contributed by atoms with Crippen LogP contribution in [-0.2, 0) is 22.7 Å². The van der Waals surface area contributed by atoms with Crippen LogP contribution in [0.4, 0.5) is 5.69 Å². The van der Waals surface area contributed by atoms with Gasteiger partial charge in [-0.3, -0.25) is 19.0 Å². The van der Waals surface area contributed by atoms with E-state index in [4.69, 9.17) is 4.42 Å². The molecule has 2 amide bonds. The standard InChI is InChI=1S/C24H24N4O4/c1-3-15(2)23(30)27-17-8-6-7-16(11-17)12-25-20(29)13-28-14-26-21-18-9-4-5-10-19(18)32-22(21)24(28)31/h4-11,14-15H,3,12-13H2,1-2H3,(H,25,29)(H,27,30). The van der Waals surface area contributed by atoms with Crippen LogP contribution in [0.1, 0.15) is 25.8 Å². The number of fused-ring (bicyclic) bond motifs is 3. The summed E-state index contributed by atoms with van der Waals surface area (Å²) in [6.45, 7) is 3.92. The van der Waals surface area contributed by atoms with E-state index in [1.54, 1.807) is 12.1 Å². The van der Waals surface area contributed by atoms with Crippen LogP contribution in [0.3, 0.4) is 0 Å². The molecule has 0 aliphatic rings. The quantitative estimate of drug-likeness (QED) is 0.465. The zero-order chi connectivity index (χ0) is 22.7. The van der Waals surface area contributed by atoms with Gasteiger partial charge in [-0.1, -0.05) is 38.1 Å². The van der Waals surface area contributed by atoms with E-state index >= 15 is 0 Å². The second-order valence-electron chi connectivity index (χ2n) is 7.73. The zero-order valence-electron chi connectivity index (χ0n) is 17.9. The third-order valence-corrected chi connectivity index (χ3v) is 5.41. The lowest BCUT2D eigenvalue weighted by molar-refractivity contribution is -0.122. The highest BCUT2D eigenvalue weighted by molar-refractivity contribution is 6.01. The molecule has 164 valence electrons. The Hall–Kier alpha value is -3.94. The third-order valence-electron chi connectivity index (χ3n) is 5.41. The molecule has 1 unspecified atom stereocenters. The monoisotopic (exact) mass is 432 g/mol. The number of aromatic nitrogens is 2. The molecule has 0 radical (unpaired) electrons. The van der Waals surface area contributed by atoms with Crippen LogP contribution < -0.4 is 16.2 Å². The van der Waals surface area contributed by atoms with Crippen LogP contribution in [0.5, 0.6) is 0 Å². The lowest BCUT2D eigenvalue weighted by Crippen LogP contribution is -2.32. The van der Waals surface area contributed by atoms with Gasteiger partial charge in [0.05, 0.1) is 6.33 Å². The molecule has 2 heterocycles. The Balaban J connectivity index is 1.42. The Morgan fingerprint density at radius 2 is 1.97 bits per heavy atom. The summed E-state index contributed by atoms with van der Waals surface area (Å²) < 4.78 is 6.87. The van der Waals surface area contributed by atoms with Crippen molar-refractivity contribution >= 4 is 39.6 Å². The van der Waals surface area contributed by atoms with Gasteiger partial charge in [0.2, 0.25) is 17.4 Å². The number of hydrogen-bond acceptors (Lipinski definition) is 5. The predicted molar refractivity (Wildman–Crippen MR) is 122 cm³/mol. The molecule has 4 rings (SSSR count). The fourth-order valence-electron chi connectivity index (χ4n) is 3.35. The van der Waals surface area contributed by atoms with Crippen molar-refractivity contribution < 1.29 is 14.0 Å². The Morgan fingerprint density at radius 1 is 1.16 bits per heavy atom. The van der Waals surface area contributed by atoms with E-state index in [2.05, 4.69) is 15.6 Å². The van der Waals surface area contributed by atoms with Crippen LogP contribution in [0, 0.1) is 5.92 Å². The van der Waals surface area contributed by atoms with Crippen LogP contribution in [0.15, 0.2) is 64.1 Å². The maximum Gasteiger partial charge on any atom is 0.297 e. The number of rotatable bonds is 7. The van der Waals surface area contributed by atoms with E-state index in [9.17, 15) is 14.4 Å². The number of hydrogen-bond donors (Lipinski definition) is 2. The largest absolute Gasteiger partial charge is 0.448 e. The average Bonchev–Trinajstić information content (AvgIpc) is 3.19. The minimum absolute atomic E-state index is 0.0402. The molecule has 0 spiro atoms. The molecule has 1 atom stereocenters. The molecule has 2 aromatic carbocycles. The lowest BCUT2D eigenvalue weighted by atomic mass is 10.1. The van der Waals surface area contributed by atoms with Crippen LogP contribution in [0.2, 0.25) is 0 Å². The summed E-state index contributed by atoms with van der Waals surface area (Å²) in [4.78, 5) is 41.6. The number of nitrogens with zero attached hydrogens (tertiary/aromatic N) is 2. The van der Waals surface area contributed by atoms with Gasteiger partial charge in [0.1, 0.15) is 17.6 Å². The first-order valence-corrected chi connectivity index (χ1v) is 10.5. The van der Waals surface area contributed by atoms with E-state index in [0.717, 1.165) is 17.4 Å². The Bertz CT molecular complexity index is 1360. The number of benzene rings is 2. The average molecular weight is 432 g/mol. The van der Waals surface area contributed by atoms with E-state index < -0.39 is 5.56 Å². The first kappa shape index (κ1) is 21.3. The predicted octanol–water partition coefficient (Wildman–Crippen LogP) is 3.44. The van der Waals surface area contributed by atoms with Crippen molar-refractivity contribution in [3.05, 3.63) is 70.8 Å². The van der Waals surface area contributed by atoms with Gasteiger partial charge in [0.25, 0.3) is 5.56 Å². The third kappa shape index (κ3) is 4.39. The van der Waals surface area contributed by atoms with E-state index in [1.807, 2.05) is 50.2 Å². The lowest BCUT2D eigenvalue weighted by Gasteiger charge is -2.12. The van der Waals surface area contributed by atoms with Gasteiger partial charge in [-0.25, -0.2) is 4.98 Å². The van der Waals surface area contributed by atoms with Crippen molar-refractivity contribution in [1.29, 1.82) is 0 Å². The molecule has 0 aliphatic carbocycles. The summed E-state index contributed by atoms with van der Waals surface area (Å²) in [7, 11) is 0. The number of carbonyl (C=O) groups is 2. The van der Waals surface area contributed by atoms with Crippen molar-refractivity contribution in [3.8, 4) is 0 Å². The Morgan fingerprint density at radius 3 is 2.78 bits per heavy atom. The number of furan rings is 1. The highest BCUT2D eigenvalue weighted by Crippen LogP contribution is 2.24. The second-order valence-corrected chi connectivity index (χ2v) is 7.73. The molecule has 0 aliphatic heterocycles. The summed E-state index contributed by atoms with van der Waals surface area (Å²) in [5.41, 5.74) is 2.30. The molecule has 8 nitrogen and oxygen atoms in total. The Labute approximate surface area is 184 Å². The van der Waals surface area contributed by atoms with Crippen LogP contribution >= 0.6 is 0 Å². The van der Waals surface area contributed by atoms with Gasteiger partial charge in [0, 0.05) is 23.5 Å². The minimum atomic E-state index is -0.406. The second kappa shape index (κ2) is 9.05. The van der Waals surface area contributed by atoms with Crippen molar-refractivity contribution in [1.82, 2.24) is 14.9 Å². The maximum absolute atomic E-state index is 12.7. The first-order valence-electron chi connectivity index (χ1n) is 10.5. The van der Waals surface area contributed by atoms with E-state index in [0.29, 0.717) is 16.8 Å². The molecule has 0 saturated carbocycles. The number of amides is 2. The highest BCUT2D eigenvalue weighted by atomic mass is 16.3. The molecule has 0 bridgehead atoms. The smallest absolute Gasteiger partial charge is 0.297 e. The van der Waals surface area contributed by atoms with Crippen molar-refractivity contribution in [2.24, 2.45) is 5.92 Å². The molecular formula is C24H24N4O4. The zero-order valence-corrected chi connectivity index (χ0v) is 17.9. The van der Waals surface area contributed by atoms with Crippen molar-refractivity contribution in [2.45, 2.75) is 33.4 Å². The summed E-state index contributed by atoms with van der Waals surface area (Å²) in [6.07, 6.45) is 2.12. The molecular weight excluding hydrogens is 408 g/mol. The van der Waals surface area contributed by atoms with Gasteiger partial charge in [0.15, 0.2) is 0 Å². The minimum Gasteiger partial charge on any atom is -0.448 e. The van der Waals surface area contributed by atoms with E-state index in [1.165, 1.54) is 10.9 Å². The van der Waals surface area contributed by atoms with Gasteiger partial charge in [-0.15, -0.1) is 0 Å². The topological polar surface area (TPSA) is 106 Å². The molecule has 0 fully saturated rings. The first-order chi connectivity index (χ1) is 15.5. The van der Waals surface area contributed by atoms with Crippen LogP contribution in [0.25, 0.3) is 22.1 Å². The summed E-state index contributed by atoms with van der Waals surface area (Å²) in [5, 5.41) is 6.43. The van der Waals surface area contributed by atoms with Gasteiger partial charge in [-0.05, 0) is 36.2 Å². The number of carbonyl (C=O) groups excluding carboxylic acids is 2. The van der Waals surface area contributed by atoms with Gasteiger partial charge < -0.3 is 15.1 Å². The van der Waals surface area contributed by atoms with Crippen molar-refractivity contribution in [2.75, 3.05) is 5.32 Å². The molecule has 2 N–H and O–H groups in total. The number of anilines is 1. The molecule has 4 aromatic rings. The number of para-hydroxylation sites is 1. The Kier molecular flexibility index (Phi) is 6.02. The highest BCUT2D eigenvalue weighted by Gasteiger charge is 2.15. The van der Waals surface area contributed by atoms with Gasteiger partial charge >= 0.3 is 0 Å². The fourth-order valence-corrected chi connectivity index (χ4v) is 3.35. The molecule has 2 aromatic heterocycles. The summed E-state index contributed by atoms with van der Waals surface area (Å²) in [6, 6.07) is 14.6. The maximum atomic E-state index is 12.7. The van der Waals surface area contributed by atoms with Crippen LogP contribution in [-0.4, -0.2) is 21.4 Å².